The third kappa shape index (κ3) is 3.30. The molecule has 3 unspecified atom stereocenters. The minimum Gasteiger partial charge on any atom is -0.326 e. The van der Waals surface area contributed by atoms with E-state index in [1.165, 1.54) is 25.1 Å². The van der Waals surface area contributed by atoms with Crippen LogP contribution >= 0.6 is 0 Å². The molecule has 0 aromatic heterocycles. The minimum absolute atomic E-state index is 0.377. The zero-order chi connectivity index (χ0) is 12.3. The van der Waals surface area contributed by atoms with E-state index in [9.17, 15) is 0 Å². The molecule has 1 heterocycles. The van der Waals surface area contributed by atoms with Crippen LogP contribution in [0.2, 0.25) is 0 Å². The van der Waals surface area contributed by atoms with Gasteiger partial charge in [0.15, 0.2) is 0 Å². The van der Waals surface area contributed by atoms with E-state index in [4.69, 9.17) is 5.73 Å². The summed E-state index contributed by atoms with van der Waals surface area (Å²) in [5.74, 6) is 1.30. The Hall–Kier alpha value is -0.860. The molecule has 1 saturated heterocycles. The van der Waals surface area contributed by atoms with E-state index in [1.54, 1.807) is 0 Å². The Bertz CT molecular complexity index is 326. The highest BCUT2D eigenvalue weighted by atomic mass is 15.2. The average Bonchev–Trinajstić information content (AvgIpc) is 2.67. The third-order valence-corrected chi connectivity index (χ3v) is 3.99. The maximum atomic E-state index is 6.04. The van der Waals surface area contributed by atoms with E-state index in [1.807, 2.05) is 0 Å². The van der Waals surface area contributed by atoms with E-state index in [-0.39, 0.29) is 0 Å². The van der Waals surface area contributed by atoms with Gasteiger partial charge in [0, 0.05) is 19.1 Å². The van der Waals surface area contributed by atoms with E-state index in [0.29, 0.717) is 17.9 Å². The summed E-state index contributed by atoms with van der Waals surface area (Å²) in [6.07, 6.45) is 1.23. The molecule has 2 heteroatoms. The largest absolute Gasteiger partial charge is 0.326 e. The lowest BCUT2D eigenvalue weighted by Gasteiger charge is -2.18. The van der Waals surface area contributed by atoms with Crippen LogP contribution in [0.15, 0.2) is 30.3 Å². The lowest BCUT2D eigenvalue weighted by atomic mass is 9.98. The quantitative estimate of drug-likeness (QED) is 0.864. The number of hydrogen-bond donors (Lipinski definition) is 1. The zero-order valence-corrected chi connectivity index (χ0v) is 11.0. The first-order valence-corrected chi connectivity index (χ1v) is 6.69. The molecule has 0 amide bonds. The number of hydrogen-bond acceptors (Lipinski definition) is 2. The summed E-state index contributed by atoms with van der Waals surface area (Å²) in [7, 11) is 0. The number of nitrogens with zero attached hydrogens (tertiary/aromatic N) is 1. The second-order valence-corrected chi connectivity index (χ2v) is 5.50. The molecule has 0 saturated carbocycles. The Morgan fingerprint density at radius 2 is 2.00 bits per heavy atom. The second-order valence-electron chi connectivity index (χ2n) is 5.50. The molecule has 2 nitrogen and oxygen atoms in total. The van der Waals surface area contributed by atoms with Gasteiger partial charge in [-0.3, -0.25) is 0 Å². The molecule has 0 radical (unpaired) electrons. The van der Waals surface area contributed by atoms with Gasteiger partial charge in [0.1, 0.15) is 0 Å². The van der Waals surface area contributed by atoms with Crippen molar-refractivity contribution in [1.29, 1.82) is 0 Å². The first kappa shape index (κ1) is 12.6. The van der Waals surface area contributed by atoms with Crippen molar-refractivity contribution in [3.05, 3.63) is 35.9 Å². The van der Waals surface area contributed by atoms with Crippen LogP contribution in [0.3, 0.4) is 0 Å². The minimum atomic E-state index is 0.377. The van der Waals surface area contributed by atoms with Crippen molar-refractivity contribution in [2.45, 2.75) is 32.2 Å². The standard InChI is InChI=1S/C15H24N2/c1-12(14-6-4-3-5-7-14)8-9-17-10-13(2)15(16)11-17/h3-7,12-13,15H,8-11,16H2,1-2H3. The van der Waals surface area contributed by atoms with Crippen molar-refractivity contribution >= 4 is 0 Å². The number of nitrogens with two attached hydrogens (primary N) is 1. The summed E-state index contributed by atoms with van der Waals surface area (Å²) in [5.41, 5.74) is 7.49. The molecular weight excluding hydrogens is 208 g/mol. The summed E-state index contributed by atoms with van der Waals surface area (Å²) in [5, 5.41) is 0. The molecule has 1 fully saturated rings. The Morgan fingerprint density at radius 3 is 2.59 bits per heavy atom. The van der Waals surface area contributed by atoms with Gasteiger partial charge in [0.25, 0.3) is 0 Å². The SMILES string of the molecule is CC(CCN1CC(C)C(N)C1)c1ccccc1. The van der Waals surface area contributed by atoms with E-state index in [2.05, 4.69) is 49.1 Å². The van der Waals surface area contributed by atoms with Gasteiger partial charge in [-0.2, -0.15) is 0 Å². The molecule has 1 aliphatic heterocycles. The van der Waals surface area contributed by atoms with Gasteiger partial charge in [-0.05, 0) is 30.4 Å². The van der Waals surface area contributed by atoms with Crippen molar-refractivity contribution in [2.24, 2.45) is 11.7 Å². The highest BCUT2D eigenvalue weighted by Crippen LogP contribution is 2.21. The number of benzene rings is 1. The Labute approximate surface area is 105 Å². The molecule has 0 bridgehead atoms. The molecule has 1 aromatic carbocycles. The summed E-state index contributed by atoms with van der Waals surface area (Å²) in [6, 6.07) is 11.2. The van der Waals surface area contributed by atoms with Crippen molar-refractivity contribution < 1.29 is 0 Å². The van der Waals surface area contributed by atoms with Gasteiger partial charge in [-0.25, -0.2) is 0 Å². The first-order valence-electron chi connectivity index (χ1n) is 6.69. The van der Waals surface area contributed by atoms with Crippen LogP contribution in [0.25, 0.3) is 0 Å². The van der Waals surface area contributed by atoms with Gasteiger partial charge in [-0.1, -0.05) is 44.2 Å². The van der Waals surface area contributed by atoms with Crippen LogP contribution < -0.4 is 5.73 Å². The van der Waals surface area contributed by atoms with Crippen molar-refractivity contribution in [2.75, 3.05) is 19.6 Å². The summed E-state index contributed by atoms with van der Waals surface area (Å²) < 4.78 is 0. The molecule has 2 N–H and O–H groups in total. The normalized spacial score (nSPS) is 27.2. The van der Waals surface area contributed by atoms with E-state index in [0.717, 1.165) is 6.54 Å². The molecule has 0 spiro atoms. The Balaban J connectivity index is 1.79. The van der Waals surface area contributed by atoms with Gasteiger partial charge < -0.3 is 10.6 Å². The van der Waals surface area contributed by atoms with Crippen LogP contribution in [0, 0.1) is 5.92 Å². The number of likely N-dealkylation sites (tertiary alicyclic amines) is 1. The highest BCUT2D eigenvalue weighted by molar-refractivity contribution is 5.18. The molecule has 17 heavy (non-hydrogen) atoms. The zero-order valence-electron chi connectivity index (χ0n) is 11.0. The molecule has 2 rings (SSSR count). The molecular formula is C15H24N2. The van der Waals surface area contributed by atoms with Crippen LogP contribution in [0.1, 0.15) is 31.7 Å². The van der Waals surface area contributed by atoms with Gasteiger partial charge in [-0.15, -0.1) is 0 Å². The maximum absolute atomic E-state index is 6.04. The molecule has 94 valence electrons. The first-order chi connectivity index (χ1) is 8.16. The fourth-order valence-electron chi connectivity index (χ4n) is 2.60. The Kier molecular flexibility index (Phi) is 4.19. The summed E-state index contributed by atoms with van der Waals surface area (Å²) >= 11 is 0. The van der Waals surface area contributed by atoms with Gasteiger partial charge in [0.2, 0.25) is 0 Å². The maximum Gasteiger partial charge on any atom is 0.0206 e. The summed E-state index contributed by atoms with van der Waals surface area (Å²) in [6.45, 7) is 7.99. The predicted molar refractivity (Wildman–Crippen MR) is 73.1 cm³/mol. The van der Waals surface area contributed by atoms with Gasteiger partial charge >= 0.3 is 0 Å². The van der Waals surface area contributed by atoms with Crippen LogP contribution in [-0.4, -0.2) is 30.6 Å². The summed E-state index contributed by atoms with van der Waals surface area (Å²) in [4.78, 5) is 2.51. The highest BCUT2D eigenvalue weighted by Gasteiger charge is 2.26. The molecule has 3 atom stereocenters. The fourth-order valence-corrected chi connectivity index (χ4v) is 2.60. The smallest absolute Gasteiger partial charge is 0.0206 e. The van der Waals surface area contributed by atoms with E-state index < -0.39 is 0 Å². The second kappa shape index (κ2) is 5.65. The molecule has 1 aliphatic rings. The Morgan fingerprint density at radius 1 is 1.29 bits per heavy atom. The monoisotopic (exact) mass is 232 g/mol. The van der Waals surface area contributed by atoms with Crippen molar-refractivity contribution in [3.63, 3.8) is 0 Å². The van der Waals surface area contributed by atoms with Gasteiger partial charge in [0.05, 0.1) is 0 Å². The lowest BCUT2D eigenvalue weighted by molar-refractivity contribution is 0.313. The van der Waals surface area contributed by atoms with Crippen LogP contribution in [0.5, 0.6) is 0 Å². The lowest BCUT2D eigenvalue weighted by Crippen LogP contribution is -2.29. The topological polar surface area (TPSA) is 29.3 Å². The third-order valence-electron chi connectivity index (χ3n) is 3.99. The van der Waals surface area contributed by atoms with Crippen LogP contribution in [0.4, 0.5) is 0 Å². The van der Waals surface area contributed by atoms with E-state index >= 15 is 0 Å². The van der Waals surface area contributed by atoms with Crippen molar-refractivity contribution in [1.82, 2.24) is 4.90 Å². The van der Waals surface area contributed by atoms with Crippen molar-refractivity contribution in [3.8, 4) is 0 Å². The molecule has 0 aliphatic carbocycles. The predicted octanol–water partition coefficient (Wildman–Crippen LogP) is 2.46. The molecule has 1 aromatic rings. The van der Waals surface area contributed by atoms with Crippen LogP contribution in [-0.2, 0) is 0 Å². The fraction of sp³-hybridized carbons (Fsp3) is 0.600. The number of rotatable bonds is 4. The average molecular weight is 232 g/mol.